The standard InChI is InChI=1S/C14H19FN2O/c15-11-5-10(3-4-16)6-12(7-11)17-8-13-1-2-14(9-17)18-13/h5-7,13-14H,1-4,8-9,16H2. The maximum absolute atomic E-state index is 13.6. The maximum atomic E-state index is 13.6. The van der Waals surface area contributed by atoms with Gasteiger partial charge in [-0.3, -0.25) is 0 Å². The van der Waals surface area contributed by atoms with Gasteiger partial charge in [0.2, 0.25) is 0 Å². The minimum atomic E-state index is -0.171. The van der Waals surface area contributed by atoms with E-state index in [1.54, 1.807) is 12.1 Å². The molecule has 0 saturated carbocycles. The number of hydrogen-bond donors (Lipinski definition) is 1. The highest BCUT2D eigenvalue weighted by Crippen LogP contribution is 2.30. The first-order chi connectivity index (χ1) is 8.74. The van der Waals surface area contributed by atoms with Crippen molar-refractivity contribution in [2.75, 3.05) is 24.5 Å². The van der Waals surface area contributed by atoms with Crippen LogP contribution in [0.25, 0.3) is 0 Å². The molecule has 3 rings (SSSR count). The Morgan fingerprint density at radius 2 is 1.94 bits per heavy atom. The van der Waals surface area contributed by atoms with Crippen LogP contribution in [0, 0.1) is 5.82 Å². The van der Waals surface area contributed by atoms with Crippen LogP contribution in [-0.2, 0) is 11.2 Å². The Labute approximate surface area is 107 Å². The van der Waals surface area contributed by atoms with Crippen LogP contribution in [0.1, 0.15) is 18.4 Å². The van der Waals surface area contributed by atoms with E-state index in [4.69, 9.17) is 10.5 Å². The molecule has 3 nitrogen and oxygen atoms in total. The summed E-state index contributed by atoms with van der Waals surface area (Å²) >= 11 is 0. The Balaban J connectivity index is 1.82. The van der Waals surface area contributed by atoms with E-state index in [2.05, 4.69) is 11.0 Å². The average Bonchev–Trinajstić information content (AvgIpc) is 2.68. The zero-order chi connectivity index (χ0) is 12.5. The van der Waals surface area contributed by atoms with Gasteiger partial charge in [-0.15, -0.1) is 0 Å². The van der Waals surface area contributed by atoms with Crippen LogP contribution in [0.3, 0.4) is 0 Å². The lowest BCUT2D eigenvalue weighted by atomic mass is 10.1. The molecule has 2 fully saturated rings. The maximum Gasteiger partial charge on any atom is 0.125 e. The smallest absolute Gasteiger partial charge is 0.125 e. The summed E-state index contributed by atoms with van der Waals surface area (Å²) in [6, 6.07) is 5.25. The minimum absolute atomic E-state index is 0.171. The second-order valence-corrected chi connectivity index (χ2v) is 5.22. The number of morpholine rings is 1. The zero-order valence-electron chi connectivity index (χ0n) is 10.4. The van der Waals surface area contributed by atoms with Crippen molar-refractivity contribution in [2.24, 2.45) is 5.73 Å². The van der Waals surface area contributed by atoms with Crippen LogP contribution in [0.4, 0.5) is 10.1 Å². The number of ether oxygens (including phenoxy) is 1. The van der Waals surface area contributed by atoms with Crippen molar-refractivity contribution in [1.82, 2.24) is 0 Å². The van der Waals surface area contributed by atoms with E-state index < -0.39 is 0 Å². The first-order valence-corrected chi connectivity index (χ1v) is 6.64. The fourth-order valence-corrected chi connectivity index (χ4v) is 2.95. The third kappa shape index (κ3) is 2.35. The summed E-state index contributed by atoms with van der Waals surface area (Å²) in [6.07, 6.45) is 3.63. The van der Waals surface area contributed by atoms with Crippen molar-refractivity contribution in [3.05, 3.63) is 29.6 Å². The second-order valence-electron chi connectivity index (χ2n) is 5.22. The molecule has 2 N–H and O–H groups in total. The molecule has 1 aromatic carbocycles. The quantitative estimate of drug-likeness (QED) is 0.887. The zero-order valence-corrected chi connectivity index (χ0v) is 10.4. The number of nitrogens with zero attached hydrogens (tertiary/aromatic N) is 1. The van der Waals surface area contributed by atoms with E-state index in [-0.39, 0.29) is 5.82 Å². The first kappa shape index (κ1) is 11.9. The fourth-order valence-electron chi connectivity index (χ4n) is 2.95. The van der Waals surface area contributed by atoms with E-state index >= 15 is 0 Å². The van der Waals surface area contributed by atoms with Crippen molar-refractivity contribution < 1.29 is 9.13 Å². The molecular formula is C14H19FN2O. The average molecular weight is 250 g/mol. The molecule has 18 heavy (non-hydrogen) atoms. The molecule has 2 heterocycles. The molecule has 4 heteroatoms. The summed E-state index contributed by atoms with van der Waals surface area (Å²) < 4.78 is 19.4. The summed E-state index contributed by atoms with van der Waals surface area (Å²) in [6.45, 7) is 2.31. The Morgan fingerprint density at radius 1 is 1.22 bits per heavy atom. The van der Waals surface area contributed by atoms with Gasteiger partial charge in [0.25, 0.3) is 0 Å². The predicted molar refractivity (Wildman–Crippen MR) is 69.3 cm³/mol. The highest BCUT2D eigenvalue weighted by atomic mass is 19.1. The third-order valence-electron chi connectivity index (χ3n) is 3.78. The SMILES string of the molecule is NCCc1cc(F)cc(N2CC3CCC(C2)O3)c1. The summed E-state index contributed by atoms with van der Waals surface area (Å²) in [5.74, 6) is -0.171. The molecule has 2 unspecified atom stereocenters. The van der Waals surface area contributed by atoms with Crippen LogP contribution in [-0.4, -0.2) is 31.8 Å². The van der Waals surface area contributed by atoms with E-state index in [0.29, 0.717) is 18.8 Å². The molecule has 2 bridgehead atoms. The van der Waals surface area contributed by atoms with Gasteiger partial charge < -0.3 is 15.4 Å². The highest BCUT2D eigenvalue weighted by Gasteiger charge is 2.33. The molecule has 0 spiro atoms. The van der Waals surface area contributed by atoms with Crippen LogP contribution >= 0.6 is 0 Å². The van der Waals surface area contributed by atoms with Crippen LogP contribution in [0.5, 0.6) is 0 Å². The van der Waals surface area contributed by atoms with Gasteiger partial charge in [0, 0.05) is 18.8 Å². The number of nitrogens with two attached hydrogens (primary N) is 1. The molecule has 0 aromatic heterocycles. The van der Waals surface area contributed by atoms with E-state index in [1.807, 2.05) is 0 Å². The van der Waals surface area contributed by atoms with Gasteiger partial charge in [0.1, 0.15) is 5.82 Å². The first-order valence-electron chi connectivity index (χ1n) is 6.64. The number of hydrogen-bond acceptors (Lipinski definition) is 3. The molecule has 0 amide bonds. The Bertz CT molecular complexity index is 426. The van der Waals surface area contributed by atoms with Crippen LogP contribution < -0.4 is 10.6 Å². The van der Waals surface area contributed by atoms with E-state index in [0.717, 1.165) is 43.6 Å². The van der Waals surface area contributed by atoms with Gasteiger partial charge in [-0.1, -0.05) is 0 Å². The van der Waals surface area contributed by atoms with Crippen LogP contribution in [0.2, 0.25) is 0 Å². The van der Waals surface area contributed by atoms with Crippen molar-refractivity contribution >= 4 is 5.69 Å². The Kier molecular flexibility index (Phi) is 3.22. The minimum Gasteiger partial charge on any atom is -0.371 e. The monoisotopic (exact) mass is 250 g/mol. The summed E-state index contributed by atoms with van der Waals surface area (Å²) in [7, 11) is 0. The normalized spacial score (nSPS) is 26.7. The van der Waals surface area contributed by atoms with Crippen molar-refractivity contribution in [3.63, 3.8) is 0 Å². The summed E-state index contributed by atoms with van der Waals surface area (Å²) in [5, 5.41) is 0. The van der Waals surface area contributed by atoms with Crippen molar-refractivity contribution in [3.8, 4) is 0 Å². The van der Waals surface area contributed by atoms with Gasteiger partial charge in [-0.05, 0) is 49.6 Å². The molecule has 1 aromatic rings. The van der Waals surface area contributed by atoms with Crippen molar-refractivity contribution in [1.29, 1.82) is 0 Å². The molecule has 98 valence electrons. The van der Waals surface area contributed by atoms with Gasteiger partial charge in [-0.25, -0.2) is 4.39 Å². The lowest BCUT2D eigenvalue weighted by Crippen LogP contribution is -2.42. The summed E-state index contributed by atoms with van der Waals surface area (Å²) in [5.41, 5.74) is 7.49. The van der Waals surface area contributed by atoms with E-state index in [9.17, 15) is 4.39 Å². The topological polar surface area (TPSA) is 38.5 Å². The number of fused-ring (bicyclic) bond motifs is 2. The Morgan fingerprint density at radius 3 is 2.61 bits per heavy atom. The van der Waals surface area contributed by atoms with Crippen molar-refractivity contribution in [2.45, 2.75) is 31.5 Å². The Hall–Kier alpha value is -1.13. The number of halogens is 1. The van der Waals surface area contributed by atoms with Crippen LogP contribution in [0.15, 0.2) is 18.2 Å². The van der Waals surface area contributed by atoms with Gasteiger partial charge in [0.05, 0.1) is 12.2 Å². The van der Waals surface area contributed by atoms with Gasteiger partial charge in [-0.2, -0.15) is 0 Å². The molecule has 0 aliphatic carbocycles. The largest absolute Gasteiger partial charge is 0.371 e. The highest BCUT2D eigenvalue weighted by molar-refractivity contribution is 5.50. The summed E-state index contributed by atoms with van der Waals surface area (Å²) in [4.78, 5) is 2.24. The molecule has 0 radical (unpaired) electrons. The second kappa shape index (κ2) is 4.86. The molecule has 2 aliphatic rings. The van der Waals surface area contributed by atoms with E-state index in [1.165, 1.54) is 0 Å². The molecular weight excluding hydrogens is 231 g/mol. The predicted octanol–water partition coefficient (Wildman–Crippen LogP) is 1.69. The fraction of sp³-hybridized carbons (Fsp3) is 0.571. The number of anilines is 1. The third-order valence-corrected chi connectivity index (χ3v) is 3.78. The molecule has 2 atom stereocenters. The number of benzene rings is 1. The molecule has 2 aliphatic heterocycles. The number of rotatable bonds is 3. The lowest BCUT2D eigenvalue weighted by Gasteiger charge is -2.34. The van der Waals surface area contributed by atoms with Gasteiger partial charge >= 0.3 is 0 Å². The molecule has 2 saturated heterocycles. The lowest BCUT2D eigenvalue weighted by molar-refractivity contribution is 0.0305. The van der Waals surface area contributed by atoms with Gasteiger partial charge in [0.15, 0.2) is 0 Å².